The van der Waals surface area contributed by atoms with E-state index in [2.05, 4.69) is 20.5 Å². The highest BCUT2D eigenvalue weighted by Gasteiger charge is 2.24. The van der Waals surface area contributed by atoms with Crippen LogP contribution in [-0.4, -0.2) is 25.7 Å². The van der Waals surface area contributed by atoms with Gasteiger partial charge in [-0.05, 0) is 25.3 Å². The molecule has 1 amide bonds. The zero-order valence-electron chi connectivity index (χ0n) is 16.9. The van der Waals surface area contributed by atoms with Crippen LogP contribution in [0.5, 0.6) is 0 Å². The number of thiophene rings is 1. The maximum atomic E-state index is 13.5. The van der Waals surface area contributed by atoms with Crippen molar-refractivity contribution in [1.29, 1.82) is 0 Å². The summed E-state index contributed by atoms with van der Waals surface area (Å²) >= 11 is 2.83. The van der Waals surface area contributed by atoms with Crippen molar-refractivity contribution in [1.82, 2.24) is 19.7 Å². The number of carbonyl (C=O) groups is 1. The molecule has 0 spiro atoms. The molecule has 0 saturated heterocycles. The van der Waals surface area contributed by atoms with E-state index in [1.54, 1.807) is 0 Å². The summed E-state index contributed by atoms with van der Waals surface area (Å²) in [5.74, 6) is -0.298. The fourth-order valence-corrected chi connectivity index (χ4v) is 5.12. The van der Waals surface area contributed by atoms with Crippen molar-refractivity contribution in [3.05, 3.63) is 56.9 Å². The largest absolute Gasteiger partial charge is 0.299 e. The maximum absolute atomic E-state index is 13.5. The Morgan fingerprint density at radius 1 is 1.17 bits per heavy atom. The minimum Gasteiger partial charge on any atom is -0.299 e. The Bertz CT molecular complexity index is 1260. The van der Waals surface area contributed by atoms with E-state index in [0.717, 1.165) is 27.4 Å². The van der Waals surface area contributed by atoms with Gasteiger partial charge >= 0.3 is 0 Å². The Morgan fingerprint density at radius 2 is 1.93 bits per heavy atom. The van der Waals surface area contributed by atoms with Crippen molar-refractivity contribution in [3.8, 4) is 11.1 Å². The fraction of sp³-hybridized carbons (Fsp3) is 0.286. The predicted molar refractivity (Wildman–Crippen MR) is 121 cm³/mol. The normalized spacial score (nSPS) is 12.2. The molecular weight excluding hydrogens is 418 g/mol. The van der Waals surface area contributed by atoms with Crippen LogP contribution in [0.2, 0.25) is 0 Å². The van der Waals surface area contributed by atoms with Crippen LogP contribution < -0.4 is 10.9 Å². The molecular formula is C21H21N5O2S2. The van der Waals surface area contributed by atoms with Gasteiger partial charge < -0.3 is 0 Å². The smallest absolute Gasteiger partial charge is 0.263 e. The number of amides is 1. The third-order valence-electron chi connectivity index (χ3n) is 4.90. The molecule has 1 aromatic carbocycles. The standard InChI is InChI=1S/C21H21N5O2S2/c1-4-14(18(27)23-21-25-24-15(5-2)30-21)26-11-22-19-17(20(26)28)16(12(3)29-19)13-9-7-6-8-10-13/h6-11,14H,4-5H2,1-3H3,(H,23,25,27). The SMILES string of the molecule is CCc1nnc(NC(=O)C(CC)n2cnc3sc(C)c(-c4ccccc4)c3c2=O)s1. The van der Waals surface area contributed by atoms with Crippen LogP contribution in [0.15, 0.2) is 41.5 Å². The number of hydrogen-bond donors (Lipinski definition) is 1. The monoisotopic (exact) mass is 439 g/mol. The summed E-state index contributed by atoms with van der Waals surface area (Å²) < 4.78 is 1.43. The second-order valence-electron chi connectivity index (χ2n) is 6.80. The van der Waals surface area contributed by atoms with E-state index in [1.807, 2.05) is 51.1 Å². The van der Waals surface area contributed by atoms with E-state index in [-0.39, 0.29) is 11.5 Å². The highest BCUT2D eigenvalue weighted by Crippen LogP contribution is 2.35. The molecule has 4 rings (SSSR count). The van der Waals surface area contributed by atoms with E-state index in [9.17, 15) is 9.59 Å². The third-order valence-corrected chi connectivity index (χ3v) is 6.90. The van der Waals surface area contributed by atoms with Crippen molar-refractivity contribution >= 4 is 43.9 Å². The number of benzene rings is 1. The van der Waals surface area contributed by atoms with Crippen molar-refractivity contribution in [3.63, 3.8) is 0 Å². The van der Waals surface area contributed by atoms with E-state index in [1.165, 1.54) is 33.6 Å². The molecule has 1 N–H and O–H groups in total. The van der Waals surface area contributed by atoms with Crippen LogP contribution in [0.25, 0.3) is 21.3 Å². The van der Waals surface area contributed by atoms with Gasteiger partial charge in [0.05, 0.1) is 11.7 Å². The third kappa shape index (κ3) is 3.66. The summed E-state index contributed by atoms with van der Waals surface area (Å²) in [6.07, 6.45) is 2.67. The van der Waals surface area contributed by atoms with Crippen LogP contribution in [0.1, 0.15) is 36.2 Å². The molecule has 0 fully saturated rings. The van der Waals surface area contributed by atoms with Crippen molar-refractivity contribution in [2.45, 2.75) is 39.7 Å². The Morgan fingerprint density at radius 3 is 2.60 bits per heavy atom. The Labute approximate surface area is 181 Å². The molecule has 1 unspecified atom stereocenters. The van der Waals surface area contributed by atoms with Crippen LogP contribution in [-0.2, 0) is 11.2 Å². The van der Waals surface area contributed by atoms with Crippen LogP contribution in [0, 0.1) is 6.92 Å². The quantitative estimate of drug-likeness (QED) is 0.480. The molecule has 1 atom stereocenters. The number of nitrogens with one attached hydrogen (secondary N) is 1. The highest BCUT2D eigenvalue weighted by molar-refractivity contribution is 7.19. The van der Waals surface area contributed by atoms with Crippen molar-refractivity contribution in [2.75, 3.05) is 5.32 Å². The minimum absolute atomic E-state index is 0.211. The van der Waals surface area contributed by atoms with Gasteiger partial charge in [0, 0.05) is 10.4 Å². The molecule has 0 aliphatic carbocycles. The summed E-state index contributed by atoms with van der Waals surface area (Å²) in [4.78, 5) is 32.6. The molecule has 7 nitrogen and oxygen atoms in total. The molecule has 154 valence electrons. The molecule has 30 heavy (non-hydrogen) atoms. The molecule has 0 bridgehead atoms. The van der Waals surface area contributed by atoms with Crippen molar-refractivity contribution in [2.24, 2.45) is 0 Å². The van der Waals surface area contributed by atoms with Crippen LogP contribution in [0.3, 0.4) is 0 Å². The lowest BCUT2D eigenvalue weighted by Crippen LogP contribution is -2.33. The first-order valence-electron chi connectivity index (χ1n) is 9.72. The van der Waals surface area contributed by atoms with E-state index in [0.29, 0.717) is 21.8 Å². The number of rotatable bonds is 6. The fourth-order valence-electron chi connectivity index (χ4n) is 3.43. The number of aromatic nitrogens is 4. The molecule has 9 heteroatoms. The summed E-state index contributed by atoms with van der Waals surface area (Å²) in [7, 11) is 0. The zero-order chi connectivity index (χ0) is 21.3. The lowest BCUT2D eigenvalue weighted by molar-refractivity contribution is -0.119. The topological polar surface area (TPSA) is 89.8 Å². The number of fused-ring (bicyclic) bond motifs is 1. The van der Waals surface area contributed by atoms with Crippen LogP contribution >= 0.6 is 22.7 Å². The highest BCUT2D eigenvalue weighted by atomic mass is 32.1. The Hall–Kier alpha value is -2.91. The predicted octanol–water partition coefficient (Wildman–Crippen LogP) is 4.44. The molecule has 3 aromatic heterocycles. The van der Waals surface area contributed by atoms with Crippen LogP contribution in [0.4, 0.5) is 5.13 Å². The van der Waals surface area contributed by atoms with Gasteiger partial charge in [-0.15, -0.1) is 21.5 Å². The lowest BCUT2D eigenvalue weighted by Gasteiger charge is -2.16. The summed E-state index contributed by atoms with van der Waals surface area (Å²) in [6, 6.07) is 9.11. The number of anilines is 1. The van der Waals surface area contributed by atoms with E-state index >= 15 is 0 Å². The van der Waals surface area contributed by atoms with Gasteiger partial charge in [0.2, 0.25) is 11.0 Å². The number of hydrogen-bond acceptors (Lipinski definition) is 7. The second kappa shape index (κ2) is 8.45. The van der Waals surface area contributed by atoms with Gasteiger partial charge in [-0.2, -0.15) is 0 Å². The second-order valence-corrected chi connectivity index (χ2v) is 9.07. The van der Waals surface area contributed by atoms with E-state index < -0.39 is 6.04 Å². The number of nitrogens with zero attached hydrogens (tertiary/aromatic N) is 4. The first kappa shape index (κ1) is 20.4. The maximum Gasteiger partial charge on any atom is 0.263 e. The number of carbonyl (C=O) groups excluding carboxylic acids is 1. The first-order chi connectivity index (χ1) is 14.5. The van der Waals surface area contributed by atoms with E-state index in [4.69, 9.17) is 0 Å². The zero-order valence-corrected chi connectivity index (χ0v) is 18.5. The summed E-state index contributed by atoms with van der Waals surface area (Å²) in [5, 5.41) is 12.7. The van der Waals surface area contributed by atoms with Gasteiger partial charge in [-0.3, -0.25) is 19.5 Å². The van der Waals surface area contributed by atoms with Gasteiger partial charge in [0.25, 0.3) is 5.56 Å². The molecule has 4 aromatic rings. The van der Waals surface area contributed by atoms with Crippen molar-refractivity contribution < 1.29 is 4.79 Å². The first-order valence-corrected chi connectivity index (χ1v) is 11.4. The number of aryl methyl sites for hydroxylation is 2. The summed E-state index contributed by atoms with van der Waals surface area (Å²) in [5.41, 5.74) is 1.64. The molecule has 0 aliphatic heterocycles. The van der Waals surface area contributed by atoms with Gasteiger partial charge in [0.15, 0.2) is 0 Å². The van der Waals surface area contributed by atoms with Gasteiger partial charge in [-0.1, -0.05) is 55.5 Å². The van der Waals surface area contributed by atoms with Gasteiger partial charge in [-0.25, -0.2) is 4.98 Å². The molecule has 0 radical (unpaired) electrons. The average Bonchev–Trinajstić information content (AvgIpc) is 3.34. The Balaban J connectivity index is 1.76. The minimum atomic E-state index is -0.688. The lowest BCUT2D eigenvalue weighted by atomic mass is 10.0. The molecule has 3 heterocycles. The van der Waals surface area contributed by atoms with Gasteiger partial charge in [0.1, 0.15) is 15.9 Å². The Kier molecular flexibility index (Phi) is 5.74. The molecule has 0 aliphatic rings. The summed E-state index contributed by atoms with van der Waals surface area (Å²) in [6.45, 7) is 5.84. The average molecular weight is 440 g/mol. The molecule has 0 saturated carbocycles.